The Hall–Kier alpha value is -2.13. The third-order valence-corrected chi connectivity index (χ3v) is 3.65. The highest BCUT2D eigenvalue weighted by atomic mass is 15.3. The summed E-state index contributed by atoms with van der Waals surface area (Å²) in [6.45, 7) is 3.88. The first-order chi connectivity index (χ1) is 9.83. The second-order valence-electron chi connectivity index (χ2n) is 4.93. The third kappa shape index (κ3) is 2.21. The van der Waals surface area contributed by atoms with Gasteiger partial charge in [0.25, 0.3) is 0 Å². The fourth-order valence-corrected chi connectivity index (χ4v) is 2.63. The predicted octanol–water partition coefficient (Wildman–Crippen LogP) is 3.44. The molecule has 0 saturated heterocycles. The van der Waals surface area contributed by atoms with Crippen molar-refractivity contribution in [3.63, 3.8) is 0 Å². The summed E-state index contributed by atoms with van der Waals surface area (Å²) in [5.41, 5.74) is 3.76. The number of nitrogens with zero attached hydrogens (tertiary/aromatic N) is 2. The Labute approximate surface area is 119 Å². The van der Waals surface area contributed by atoms with Gasteiger partial charge < -0.3 is 5.32 Å². The van der Waals surface area contributed by atoms with Crippen molar-refractivity contribution in [2.75, 3.05) is 7.05 Å². The lowest BCUT2D eigenvalue weighted by atomic mass is 9.96. The molecule has 0 amide bonds. The Morgan fingerprint density at radius 2 is 1.90 bits per heavy atom. The van der Waals surface area contributed by atoms with Crippen LogP contribution >= 0.6 is 0 Å². The first-order valence-corrected chi connectivity index (χ1v) is 7.01. The van der Waals surface area contributed by atoms with Gasteiger partial charge in [0.15, 0.2) is 0 Å². The molecular weight excluding hydrogens is 246 g/mol. The number of aryl methyl sites for hydroxylation is 1. The van der Waals surface area contributed by atoms with Gasteiger partial charge >= 0.3 is 0 Å². The van der Waals surface area contributed by atoms with Crippen LogP contribution in [0.5, 0.6) is 0 Å². The summed E-state index contributed by atoms with van der Waals surface area (Å²) in [4.78, 5) is 0. The molecule has 0 unspecified atom stereocenters. The molecule has 102 valence electrons. The lowest BCUT2D eigenvalue weighted by Gasteiger charge is -2.10. The smallest absolute Gasteiger partial charge is 0.0568 e. The number of aromatic nitrogens is 2. The Balaban J connectivity index is 2.19. The van der Waals surface area contributed by atoms with Gasteiger partial charge in [0.05, 0.1) is 6.20 Å². The first kappa shape index (κ1) is 12.9. The van der Waals surface area contributed by atoms with Crippen molar-refractivity contribution in [1.29, 1.82) is 0 Å². The first-order valence-electron chi connectivity index (χ1n) is 7.01. The molecular formula is C17H19N3. The van der Waals surface area contributed by atoms with Crippen LogP contribution in [0.3, 0.4) is 0 Å². The highest BCUT2D eigenvalue weighted by Gasteiger charge is 2.08. The third-order valence-electron chi connectivity index (χ3n) is 3.65. The summed E-state index contributed by atoms with van der Waals surface area (Å²) in [5, 5.41) is 10.2. The van der Waals surface area contributed by atoms with Gasteiger partial charge in [-0.15, -0.1) is 0 Å². The molecule has 3 rings (SSSR count). The van der Waals surface area contributed by atoms with E-state index in [2.05, 4.69) is 59.9 Å². The monoisotopic (exact) mass is 265 g/mol. The van der Waals surface area contributed by atoms with E-state index in [1.165, 1.54) is 27.5 Å². The summed E-state index contributed by atoms with van der Waals surface area (Å²) in [6.07, 6.45) is 4.06. The average Bonchev–Trinajstić information content (AvgIpc) is 2.97. The van der Waals surface area contributed by atoms with Crippen molar-refractivity contribution in [3.05, 3.63) is 54.4 Å². The minimum Gasteiger partial charge on any atom is -0.316 e. The van der Waals surface area contributed by atoms with Crippen LogP contribution in [0.2, 0.25) is 0 Å². The zero-order valence-corrected chi connectivity index (χ0v) is 11.9. The van der Waals surface area contributed by atoms with Crippen LogP contribution in [0.4, 0.5) is 0 Å². The largest absolute Gasteiger partial charge is 0.316 e. The van der Waals surface area contributed by atoms with Crippen molar-refractivity contribution in [1.82, 2.24) is 15.1 Å². The van der Waals surface area contributed by atoms with Gasteiger partial charge in [-0.3, -0.25) is 4.68 Å². The summed E-state index contributed by atoms with van der Waals surface area (Å²) < 4.78 is 1.96. The van der Waals surface area contributed by atoms with Gasteiger partial charge in [-0.2, -0.15) is 5.10 Å². The molecule has 0 bridgehead atoms. The molecule has 0 aliphatic carbocycles. The Bertz CT molecular complexity index is 728. The average molecular weight is 265 g/mol. The number of rotatable bonds is 4. The van der Waals surface area contributed by atoms with E-state index in [0.29, 0.717) is 0 Å². The number of hydrogen-bond acceptors (Lipinski definition) is 2. The van der Waals surface area contributed by atoms with E-state index in [4.69, 9.17) is 0 Å². The molecule has 0 spiro atoms. The van der Waals surface area contributed by atoms with Crippen molar-refractivity contribution in [2.45, 2.75) is 20.0 Å². The SMILES string of the molecule is CCn1cc(-c2ccc(CNC)c3ccccc23)cn1. The Morgan fingerprint density at radius 3 is 2.60 bits per heavy atom. The van der Waals surface area contributed by atoms with Gasteiger partial charge in [-0.1, -0.05) is 36.4 Å². The van der Waals surface area contributed by atoms with E-state index in [1.807, 2.05) is 17.9 Å². The van der Waals surface area contributed by atoms with E-state index in [-0.39, 0.29) is 0 Å². The summed E-state index contributed by atoms with van der Waals surface area (Å²) in [7, 11) is 1.98. The number of benzene rings is 2. The van der Waals surface area contributed by atoms with Gasteiger partial charge in [0, 0.05) is 24.8 Å². The number of hydrogen-bond donors (Lipinski definition) is 1. The molecule has 1 heterocycles. The summed E-state index contributed by atoms with van der Waals surface area (Å²) >= 11 is 0. The summed E-state index contributed by atoms with van der Waals surface area (Å²) in [6, 6.07) is 13.0. The molecule has 0 aliphatic rings. The van der Waals surface area contributed by atoms with Crippen LogP contribution in [-0.4, -0.2) is 16.8 Å². The topological polar surface area (TPSA) is 29.9 Å². The van der Waals surface area contributed by atoms with Gasteiger partial charge in [-0.25, -0.2) is 0 Å². The van der Waals surface area contributed by atoms with Crippen LogP contribution in [0.1, 0.15) is 12.5 Å². The molecule has 0 fully saturated rings. The standard InChI is InChI=1S/C17H19N3/c1-3-20-12-14(11-19-20)16-9-8-13(10-18-2)15-6-4-5-7-17(15)16/h4-9,11-12,18H,3,10H2,1-2H3. The molecule has 0 saturated carbocycles. The van der Waals surface area contributed by atoms with E-state index < -0.39 is 0 Å². The van der Waals surface area contributed by atoms with Crippen LogP contribution in [0, 0.1) is 0 Å². The molecule has 2 aromatic carbocycles. The molecule has 3 heteroatoms. The molecule has 3 nitrogen and oxygen atoms in total. The second kappa shape index (κ2) is 5.47. The lowest BCUT2D eigenvalue weighted by Crippen LogP contribution is -2.05. The molecule has 0 atom stereocenters. The molecule has 0 radical (unpaired) electrons. The molecule has 0 aliphatic heterocycles. The molecule has 1 aromatic heterocycles. The maximum atomic E-state index is 4.38. The Kier molecular flexibility index (Phi) is 3.52. The minimum absolute atomic E-state index is 0.884. The zero-order valence-electron chi connectivity index (χ0n) is 11.9. The quantitative estimate of drug-likeness (QED) is 0.783. The maximum Gasteiger partial charge on any atom is 0.0568 e. The highest BCUT2D eigenvalue weighted by molar-refractivity contribution is 5.98. The maximum absolute atomic E-state index is 4.38. The van der Waals surface area contributed by atoms with Crippen LogP contribution in [0.15, 0.2) is 48.8 Å². The number of nitrogens with one attached hydrogen (secondary N) is 1. The van der Waals surface area contributed by atoms with Gasteiger partial charge in [0.2, 0.25) is 0 Å². The van der Waals surface area contributed by atoms with Crippen LogP contribution in [0.25, 0.3) is 21.9 Å². The Morgan fingerprint density at radius 1 is 1.10 bits per heavy atom. The van der Waals surface area contributed by atoms with E-state index in [1.54, 1.807) is 0 Å². The molecule has 3 aromatic rings. The molecule has 1 N–H and O–H groups in total. The van der Waals surface area contributed by atoms with Crippen molar-refractivity contribution in [3.8, 4) is 11.1 Å². The van der Waals surface area contributed by atoms with E-state index >= 15 is 0 Å². The van der Waals surface area contributed by atoms with E-state index in [9.17, 15) is 0 Å². The van der Waals surface area contributed by atoms with Gasteiger partial charge in [-0.05, 0) is 35.9 Å². The van der Waals surface area contributed by atoms with Gasteiger partial charge in [0.1, 0.15) is 0 Å². The second-order valence-corrected chi connectivity index (χ2v) is 4.93. The van der Waals surface area contributed by atoms with Crippen LogP contribution in [-0.2, 0) is 13.1 Å². The normalized spacial score (nSPS) is 11.1. The lowest BCUT2D eigenvalue weighted by molar-refractivity contribution is 0.660. The van der Waals surface area contributed by atoms with Crippen LogP contribution < -0.4 is 5.32 Å². The van der Waals surface area contributed by atoms with E-state index in [0.717, 1.165) is 13.1 Å². The number of fused-ring (bicyclic) bond motifs is 1. The van der Waals surface area contributed by atoms with Crippen molar-refractivity contribution < 1.29 is 0 Å². The fourth-order valence-electron chi connectivity index (χ4n) is 2.63. The fraction of sp³-hybridized carbons (Fsp3) is 0.235. The molecule has 20 heavy (non-hydrogen) atoms. The zero-order chi connectivity index (χ0) is 13.9. The predicted molar refractivity (Wildman–Crippen MR) is 83.6 cm³/mol. The minimum atomic E-state index is 0.884. The summed E-state index contributed by atoms with van der Waals surface area (Å²) in [5.74, 6) is 0. The highest BCUT2D eigenvalue weighted by Crippen LogP contribution is 2.30. The van der Waals surface area contributed by atoms with Crippen molar-refractivity contribution in [2.24, 2.45) is 0 Å². The van der Waals surface area contributed by atoms with Crippen molar-refractivity contribution >= 4 is 10.8 Å².